The third kappa shape index (κ3) is 3.49. The summed E-state index contributed by atoms with van der Waals surface area (Å²) in [7, 11) is 0. The predicted molar refractivity (Wildman–Crippen MR) is 105 cm³/mol. The minimum atomic E-state index is -4.60. The molecule has 2 heterocycles. The Bertz CT molecular complexity index is 1270. The van der Waals surface area contributed by atoms with Gasteiger partial charge in [-0.1, -0.05) is 24.3 Å². The van der Waals surface area contributed by atoms with Crippen molar-refractivity contribution >= 4 is 28.5 Å². The van der Waals surface area contributed by atoms with Gasteiger partial charge >= 0.3 is 18.2 Å². The fourth-order valence-electron chi connectivity index (χ4n) is 3.67. The second-order valence-electron chi connectivity index (χ2n) is 7.08. The third-order valence-corrected chi connectivity index (χ3v) is 5.14. The van der Waals surface area contributed by atoms with E-state index in [2.05, 4.69) is 4.98 Å². The smallest absolute Gasteiger partial charge is 0.417 e. The number of halogens is 3. The lowest BCUT2D eigenvalue weighted by molar-refractivity contribution is -0.145. The molecule has 0 aliphatic carbocycles. The molecule has 7 nitrogen and oxygen atoms in total. The minimum absolute atomic E-state index is 0.00179. The first-order chi connectivity index (χ1) is 14.6. The summed E-state index contributed by atoms with van der Waals surface area (Å²) in [6.45, 7) is 1.50. The summed E-state index contributed by atoms with van der Waals surface area (Å²) in [4.78, 5) is 39.6. The van der Waals surface area contributed by atoms with Crippen molar-refractivity contribution in [1.82, 2.24) is 4.98 Å². The molecule has 1 amide bonds. The van der Waals surface area contributed by atoms with Crippen molar-refractivity contribution in [3.05, 3.63) is 64.4 Å². The summed E-state index contributed by atoms with van der Waals surface area (Å²) in [5.74, 6) is -1.30. The number of hydrogen-bond acceptors (Lipinski definition) is 4. The first-order valence-corrected chi connectivity index (χ1v) is 9.14. The number of carbonyl (C=O) groups excluding carboxylic acids is 1. The van der Waals surface area contributed by atoms with Crippen LogP contribution in [0.3, 0.4) is 0 Å². The second kappa shape index (κ2) is 7.15. The number of alkyl halides is 3. The standard InChI is InChI=1S/C21H15F3N2O5/c1-10-17(19(28)29)31-20(30)26(10)12-7-6-11-8-16(25-18(27)14(11)9-12)13-4-2-3-5-15(13)21(22,23)24/h2-10,17H,1H3,(H,25,27)(H,28,29)/t10-,17?/m0/s1. The molecule has 2 atom stereocenters. The molecule has 1 saturated heterocycles. The number of hydrogen-bond donors (Lipinski definition) is 2. The largest absolute Gasteiger partial charge is 0.478 e. The van der Waals surface area contributed by atoms with Gasteiger partial charge in [-0.15, -0.1) is 0 Å². The molecule has 0 spiro atoms. The molecule has 160 valence electrons. The highest BCUT2D eigenvalue weighted by molar-refractivity contribution is 5.97. The van der Waals surface area contributed by atoms with E-state index >= 15 is 0 Å². The van der Waals surface area contributed by atoms with Gasteiger partial charge in [0.15, 0.2) is 0 Å². The molecule has 0 saturated carbocycles. The Morgan fingerprint density at radius 1 is 1.13 bits per heavy atom. The Balaban J connectivity index is 1.80. The Morgan fingerprint density at radius 2 is 1.84 bits per heavy atom. The summed E-state index contributed by atoms with van der Waals surface area (Å²) in [6.07, 6.45) is -6.83. The molecule has 1 fully saturated rings. The molecule has 10 heteroatoms. The van der Waals surface area contributed by atoms with Gasteiger partial charge in [0.25, 0.3) is 5.56 Å². The van der Waals surface area contributed by atoms with Crippen molar-refractivity contribution in [3.63, 3.8) is 0 Å². The summed E-state index contributed by atoms with van der Waals surface area (Å²) < 4.78 is 44.9. The molecular formula is C21H15F3N2O5. The van der Waals surface area contributed by atoms with Crippen molar-refractivity contribution < 1.29 is 32.6 Å². The van der Waals surface area contributed by atoms with Gasteiger partial charge in [-0.05, 0) is 36.6 Å². The Hall–Kier alpha value is -3.82. The van der Waals surface area contributed by atoms with E-state index in [0.717, 1.165) is 11.0 Å². The number of benzene rings is 2. The van der Waals surface area contributed by atoms with Crippen LogP contribution < -0.4 is 10.5 Å². The highest BCUT2D eigenvalue weighted by Gasteiger charge is 2.44. The van der Waals surface area contributed by atoms with Crippen LogP contribution in [0.5, 0.6) is 0 Å². The van der Waals surface area contributed by atoms with E-state index in [-0.39, 0.29) is 22.3 Å². The fraction of sp³-hybridized carbons (Fsp3) is 0.190. The zero-order valence-corrected chi connectivity index (χ0v) is 15.9. The number of fused-ring (bicyclic) bond motifs is 1. The number of aromatic nitrogens is 1. The van der Waals surface area contributed by atoms with Gasteiger partial charge in [-0.3, -0.25) is 9.69 Å². The number of anilines is 1. The lowest BCUT2D eigenvalue weighted by atomic mass is 10.0. The Labute approximate surface area is 172 Å². The van der Waals surface area contributed by atoms with E-state index in [1.54, 1.807) is 0 Å². The van der Waals surface area contributed by atoms with Gasteiger partial charge in [0.2, 0.25) is 6.10 Å². The predicted octanol–water partition coefficient (Wildman–Crippen LogP) is 4.01. The van der Waals surface area contributed by atoms with Crippen LogP contribution in [0.15, 0.2) is 53.3 Å². The Morgan fingerprint density at radius 3 is 2.48 bits per heavy atom. The summed E-state index contributed by atoms with van der Waals surface area (Å²) in [5, 5.41) is 9.65. The molecule has 2 N–H and O–H groups in total. The number of carboxylic acid groups (broad SMARTS) is 1. The third-order valence-electron chi connectivity index (χ3n) is 5.14. The van der Waals surface area contributed by atoms with Crippen LogP contribution in [-0.2, 0) is 15.7 Å². The van der Waals surface area contributed by atoms with Crippen molar-refractivity contribution in [1.29, 1.82) is 0 Å². The van der Waals surface area contributed by atoms with Crippen LogP contribution in [0.25, 0.3) is 22.0 Å². The topological polar surface area (TPSA) is 99.7 Å². The second-order valence-corrected chi connectivity index (χ2v) is 7.08. The van der Waals surface area contributed by atoms with Crippen LogP contribution in [0.2, 0.25) is 0 Å². The maximum absolute atomic E-state index is 13.4. The zero-order valence-electron chi connectivity index (χ0n) is 15.9. The molecule has 1 aliphatic rings. The highest BCUT2D eigenvalue weighted by Crippen LogP contribution is 2.37. The average molecular weight is 432 g/mol. The van der Waals surface area contributed by atoms with E-state index in [9.17, 15) is 27.6 Å². The average Bonchev–Trinajstić information content (AvgIpc) is 3.01. The number of amides is 1. The summed E-state index contributed by atoms with van der Waals surface area (Å²) >= 11 is 0. The number of pyridine rings is 1. The lowest BCUT2D eigenvalue weighted by Crippen LogP contribution is -2.37. The number of ether oxygens (including phenoxy) is 1. The maximum Gasteiger partial charge on any atom is 0.417 e. The number of carboxylic acids is 1. The van der Waals surface area contributed by atoms with Crippen molar-refractivity contribution in [2.45, 2.75) is 25.2 Å². The molecule has 2 aromatic carbocycles. The first kappa shape index (κ1) is 20.5. The van der Waals surface area contributed by atoms with Crippen molar-refractivity contribution in [2.24, 2.45) is 0 Å². The molecule has 3 aromatic rings. The normalized spacial score (nSPS) is 19.0. The highest BCUT2D eigenvalue weighted by atomic mass is 19.4. The van der Waals surface area contributed by atoms with Crippen LogP contribution in [0.4, 0.5) is 23.7 Å². The summed E-state index contributed by atoms with van der Waals surface area (Å²) in [6, 6.07) is 9.82. The van der Waals surface area contributed by atoms with Gasteiger partial charge in [0.1, 0.15) is 0 Å². The van der Waals surface area contributed by atoms with Gasteiger partial charge in [-0.25, -0.2) is 9.59 Å². The number of cyclic esters (lactones) is 1. The number of H-pyrrole nitrogens is 1. The lowest BCUT2D eigenvalue weighted by Gasteiger charge is -2.20. The molecular weight excluding hydrogens is 417 g/mol. The number of nitrogens with zero attached hydrogens (tertiary/aromatic N) is 1. The number of carbonyl (C=O) groups is 2. The molecule has 0 bridgehead atoms. The van der Waals surface area contributed by atoms with E-state index < -0.39 is 41.5 Å². The maximum atomic E-state index is 13.4. The van der Waals surface area contributed by atoms with Crippen LogP contribution in [0.1, 0.15) is 12.5 Å². The van der Waals surface area contributed by atoms with E-state index in [0.29, 0.717) is 5.39 Å². The fourth-order valence-corrected chi connectivity index (χ4v) is 3.67. The van der Waals surface area contributed by atoms with Gasteiger partial charge < -0.3 is 14.8 Å². The number of rotatable bonds is 3. The molecule has 1 aliphatic heterocycles. The number of nitrogens with one attached hydrogen (secondary N) is 1. The van der Waals surface area contributed by atoms with Gasteiger partial charge in [0.05, 0.1) is 11.6 Å². The minimum Gasteiger partial charge on any atom is -0.478 e. The number of aromatic amines is 1. The van der Waals surface area contributed by atoms with Crippen molar-refractivity contribution in [3.8, 4) is 11.3 Å². The van der Waals surface area contributed by atoms with E-state index in [4.69, 9.17) is 9.84 Å². The summed E-state index contributed by atoms with van der Waals surface area (Å²) in [5.41, 5.74) is -1.46. The van der Waals surface area contributed by atoms with Crippen LogP contribution >= 0.6 is 0 Å². The molecule has 31 heavy (non-hydrogen) atoms. The van der Waals surface area contributed by atoms with Crippen molar-refractivity contribution in [2.75, 3.05) is 4.90 Å². The van der Waals surface area contributed by atoms with Gasteiger partial charge in [-0.2, -0.15) is 13.2 Å². The monoisotopic (exact) mass is 432 g/mol. The SMILES string of the molecule is C[C@H]1C(C(=O)O)OC(=O)N1c1ccc2cc(-c3ccccc3C(F)(F)F)[nH]c(=O)c2c1. The first-order valence-electron chi connectivity index (χ1n) is 9.14. The molecule has 0 radical (unpaired) electrons. The molecule has 1 aromatic heterocycles. The van der Waals surface area contributed by atoms with Crippen LogP contribution in [-0.4, -0.2) is 34.3 Å². The van der Waals surface area contributed by atoms with Gasteiger partial charge in [0, 0.05) is 22.3 Å². The van der Waals surface area contributed by atoms with Crippen LogP contribution in [0, 0.1) is 0 Å². The quantitative estimate of drug-likeness (QED) is 0.652. The number of aliphatic carboxylic acids is 1. The van der Waals surface area contributed by atoms with E-state index in [1.807, 2.05) is 0 Å². The molecule has 4 rings (SSSR count). The van der Waals surface area contributed by atoms with E-state index in [1.165, 1.54) is 49.4 Å². The molecule has 1 unspecified atom stereocenters. The Kier molecular flexibility index (Phi) is 4.72. The zero-order chi connectivity index (χ0) is 22.5.